The average molecular weight is 509 g/mol. The number of fused-ring (bicyclic) bond motifs is 2. The highest BCUT2D eigenvalue weighted by Gasteiger charge is 2.44. The van der Waals surface area contributed by atoms with Crippen LogP contribution in [0, 0.1) is 13.8 Å². The standard InChI is InChI=1S/C39H40/c1-25-12-21-32-33-11-9-10-27-22-26(2)24-35(36(27)33)39(34(32)23-25,30-17-13-28(14-18-30)37(3,4)5)31-19-15-29(16-20-31)38(6,7)8/h9-24H,1-8H3. The molecule has 0 N–H and O–H groups in total. The van der Waals surface area contributed by atoms with E-state index >= 15 is 0 Å². The summed E-state index contributed by atoms with van der Waals surface area (Å²) < 4.78 is 0. The number of hydrogen-bond acceptors (Lipinski definition) is 0. The van der Waals surface area contributed by atoms with Crippen molar-refractivity contribution in [2.45, 2.75) is 71.6 Å². The molecule has 0 radical (unpaired) electrons. The molecule has 0 amide bonds. The quantitative estimate of drug-likeness (QED) is 0.218. The van der Waals surface area contributed by atoms with Crippen molar-refractivity contribution < 1.29 is 0 Å². The predicted octanol–water partition coefficient (Wildman–Crippen LogP) is 10.4. The Kier molecular flexibility index (Phi) is 5.71. The molecule has 0 heteroatoms. The molecule has 0 aliphatic heterocycles. The Morgan fingerprint density at radius 3 is 1.56 bits per heavy atom. The summed E-state index contributed by atoms with van der Waals surface area (Å²) in [7, 11) is 0. The van der Waals surface area contributed by atoms with Crippen molar-refractivity contribution in [1.82, 2.24) is 0 Å². The van der Waals surface area contributed by atoms with Crippen LogP contribution in [0.4, 0.5) is 0 Å². The molecule has 0 unspecified atom stereocenters. The summed E-state index contributed by atoms with van der Waals surface area (Å²) in [6.45, 7) is 18.2. The molecule has 0 spiro atoms. The van der Waals surface area contributed by atoms with Crippen LogP contribution < -0.4 is 0 Å². The minimum Gasteiger partial charge on any atom is -0.0610 e. The summed E-state index contributed by atoms with van der Waals surface area (Å²) in [5, 5.41) is 2.69. The lowest BCUT2D eigenvalue weighted by Crippen LogP contribution is -2.34. The van der Waals surface area contributed by atoms with Gasteiger partial charge in [0.05, 0.1) is 5.41 Å². The van der Waals surface area contributed by atoms with Crippen molar-refractivity contribution in [3.8, 4) is 11.1 Å². The Morgan fingerprint density at radius 2 is 1.03 bits per heavy atom. The first-order valence-electron chi connectivity index (χ1n) is 14.3. The van der Waals surface area contributed by atoms with Gasteiger partial charge in [0.2, 0.25) is 0 Å². The van der Waals surface area contributed by atoms with Gasteiger partial charge in [-0.05, 0) is 80.0 Å². The van der Waals surface area contributed by atoms with Gasteiger partial charge >= 0.3 is 0 Å². The van der Waals surface area contributed by atoms with Crippen LogP contribution in [0.5, 0.6) is 0 Å². The van der Waals surface area contributed by atoms with E-state index in [4.69, 9.17) is 0 Å². The third kappa shape index (κ3) is 3.96. The maximum absolute atomic E-state index is 2.45. The molecule has 5 aromatic carbocycles. The fourth-order valence-electron chi connectivity index (χ4n) is 6.68. The molecular weight excluding hydrogens is 468 g/mol. The summed E-state index contributed by atoms with van der Waals surface area (Å²) in [6.07, 6.45) is 0. The van der Waals surface area contributed by atoms with Crippen LogP contribution in [0.1, 0.15) is 86.1 Å². The molecule has 0 fully saturated rings. The van der Waals surface area contributed by atoms with Gasteiger partial charge in [0.1, 0.15) is 0 Å². The first-order valence-corrected chi connectivity index (χ1v) is 14.3. The van der Waals surface area contributed by atoms with Crippen molar-refractivity contribution in [1.29, 1.82) is 0 Å². The maximum atomic E-state index is 2.45. The van der Waals surface area contributed by atoms with Crippen LogP contribution in [0.3, 0.4) is 0 Å². The number of hydrogen-bond donors (Lipinski definition) is 0. The van der Waals surface area contributed by atoms with Crippen molar-refractivity contribution >= 4 is 10.8 Å². The van der Waals surface area contributed by atoms with E-state index < -0.39 is 5.41 Å². The molecule has 0 saturated heterocycles. The number of rotatable bonds is 2. The Labute approximate surface area is 234 Å². The molecule has 5 aromatic rings. The van der Waals surface area contributed by atoms with Gasteiger partial charge in [0, 0.05) is 0 Å². The van der Waals surface area contributed by atoms with Gasteiger partial charge in [0.15, 0.2) is 0 Å². The minimum absolute atomic E-state index is 0.102. The molecule has 0 saturated carbocycles. The van der Waals surface area contributed by atoms with E-state index in [0.29, 0.717) is 0 Å². The van der Waals surface area contributed by atoms with Gasteiger partial charge < -0.3 is 0 Å². The highest BCUT2D eigenvalue weighted by molar-refractivity contribution is 6.05. The van der Waals surface area contributed by atoms with Gasteiger partial charge in [-0.25, -0.2) is 0 Å². The van der Waals surface area contributed by atoms with E-state index in [-0.39, 0.29) is 10.8 Å². The van der Waals surface area contributed by atoms with Gasteiger partial charge in [-0.3, -0.25) is 0 Å². The molecule has 1 aliphatic carbocycles. The Bertz CT molecular complexity index is 1640. The normalized spacial score (nSPS) is 14.4. The zero-order valence-corrected chi connectivity index (χ0v) is 24.7. The Hall–Kier alpha value is -3.64. The van der Waals surface area contributed by atoms with Crippen molar-refractivity contribution in [2.75, 3.05) is 0 Å². The third-order valence-corrected chi connectivity index (χ3v) is 8.76. The number of benzene rings is 5. The molecule has 6 rings (SSSR count). The second-order valence-corrected chi connectivity index (χ2v) is 13.7. The highest BCUT2D eigenvalue weighted by atomic mass is 14.5. The largest absolute Gasteiger partial charge is 0.0713 e. The van der Waals surface area contributed by atoms with E-state index in [1.165, 1.54) is 66.4 Å². The summed E-state index contributed by atoms with van der Waals surface area (Å²) in [5.41, 5.74) is 13.2. The lowest BCUT2D eigenvalue weighted by molar-refractivity contribution is 0.588. The van der Waals surface area contributed by atoms with Crippen LogP contribution in [0.25, 0.3) is 21.9 Å². The Morgan fingerprint density at radius 1 is 0.487 bits per heavy atom. The SMILES string of the molecule is Cc1ccc2c(c1)C(c1ccc(C(C)(C)C)cc1)(c1ccc(C(C)(C)C)cc1)c1cc(C)cc3cccc-2c13. The van der Waals surface area contributed by atoms with Crippen molar-refractivity contribution in [3.63, 3.8) is 0 Å². The maximum Gasteiger partial charge on any atom is 0.0713 e. The Balaban J connectivity index is 1.80. The smallest absolute Gasteiger partial charge is 0.0610 e. The monoisotopic (exact) mass is 508 g/mol. The summed E-state index contributed by atoms with van der Waals surface area (Å²) in [4.78, 5) is 0. The van der Waals surface area contributed by atoms with Crippen LogP contribution >= 0.6 is 0 Å². The van der Waals surface area contributed by atoms with Crippen molar-refractivity contribution in [2.24, 2.45) is 0 Å². The first kappa shape index (κ1) is 25.6. The molecule has 0 atom stereocenters. The van der Waals surface area contributed by atoms with Crippen LogP contribution in [0.2, 0.25) is 0 Å². The molecule has 39 heavy (non-hydrogen) atoms. The fraction of sp³-hybridized carbons (Fsp3) is 0.282. The van der Waals surface area contributed by atoms with Crippen LogP contribution in [-0.2, 0) is 16.2 Å². The molecule has 0 nitrogen and oxygen atoms in total. The minimum atomic E-state index is -0.424. The summed E-state index contributed by atoms with van der Waals surface area (Å²) in [6, 6.07) is 37.7. The fourth-order valence-corrected chi connectivity index (χ4v) is 6.68. The molecular formula is C39H40. The van der Waals surface area contributed by atoms with E-state index in [0.717, 1.165) is 0 Å². The molecule has 0 bridgehead atoms. The van der Waals surface area contributed by atoms with E-state index in [1.807, 2.05) is 0 Å². The second-order valence-electron chi connectivity index (χ2n) is 13.7. The van der Waals surface area contributed by atoms with Crippen LogP contribution in [-0.4, -0.2) is 0 Å². The van der Waals surface area contributed by atoms with Gasteiger partial charge in [0.25, 0.3) is 0 Å². The molecule has 0 aromatic heterocycles. The van der Waals surface area contributed by atoms with Gasteiger partial charge in [-0.1, -0.05) is 150 Å². The lowest BCUT2D eigenvalue weighted by Gasteiger charge is -2.43. The molecule has 0 heterocycles. The van der Waals surface area contributed by atoms with Gasteiger partial charge in [-0.2, -0.15) is 0 Å². The van der Waals surface area contributed by atoms with E-state index in [9.17, 15) is 0 Å². The first-order chi connectivity index (χ1) is 18.4. The summed E-state index contributed by atoms with van der Waals surface area (Å²) in [5.74, 6) is 0. The van der Waals surface area contributed by atoms with Crippen molar-refractivity contribution in [3.05, 3.63) is 142 Å². The zero-order valence-electron chi connectivity index (χ0n) is 24.7. The van der Waals surface area contributed by atoms with E-state index in [1.54, 1.807) is 0 Å². The lowest BCUT2D eigenvalue weighted by atomic mass is 9.59. The topological polar surface area (TPSA) is 0 Å². The number of aryl methyl sites for hydroxylation is 2. The summed E-state index contributed by atoms with van der Waals surface area (Å²) >= 11 is 0. The van der Waals surface area contributed by atoms with Crippen LogP contribution in [0.15, 0.2) is 97.1 Å². The molecule has 1 aliphatic rings. The average Bonchev–Trinajstić information content (AvgIpc) is 2.88. The predicted molar refractivity (Wildman–Crippen MR) is 168 cm³/mol. The zero-order chi connectivity index (χ0) is 27.7. The van der Waals surface area contributed by atoms with E-state index in [2.05, 4.69) is 152 Å². The third-order valence-electron chi connectivity index (χ3n) is 8.76. The molecule has 196 valence electrons. The highest BCUT2D eigenvalue weighted by Crippen LogP contribution is 2.56. The van der Waals surface area contributed by atoms with Gasteiger partial charge in [-0.15, -0.1) is 0 Å². The second kappa shape index (κ2) is 8.68.